The van der Waals surface area contributed by atoms with Crippen molar-refractivity contribution in [3.8, 4) is 6.07 Å². The third-order valence-electron chi connectivity index (χ3n) is 6.86. The first-order chi connectivity index (χ1) is 17.9. The number of piperazine rings is 1. The van der Waals surface area contributed by atoms with Gasteiger partial charge in [0.15, 0.2) is 0 Å². The maximum absolute atomic E-state index is 13.3. The molecule has 4 rings (SSSR count). The van der Waals surface area contributed by atoms with Crippen molar-refractivity contribution in [3.63, 3.8) is 0 Å². The van der Waals surface area contributed by atoms with Gasteiger partial charge in [-0.25, -0.2) is 4.98 Å². The molecule has 0 spiro atoms. The summed E-state index contributed by atoms with van der Waals surface area (Å²) in [5, 5.41) is 15.4. The molecule has 37 heavy (non-hydrogen) atoms. The molecule has 1 unspecified atom stereocenters. The molecule has 2 heterocycles. The van der Waals surface area contributed by atoms with E-state index in [1.54, 1.807) is 29.3 Å². The molecule has 1 aliphatic heterocycles. The summed E-state index contributed by atoms with van der Waals surface area (Å²) in [4.78, 5) is 33.8. The van der Waals surface area contributed by atoms with Crippen LogP contribution in [0, 0.1) is 11.3 Å². The SMILES string of the molecule is CC1CN(c2ccc(NC(=O)[C@@H](NC[C@@H](C)c3ccc(C#N)cc3)c3ccccc3)nc2)CC(=O)N1C. The Balaban J connectivity index is 1.43. The van der Waals surface area contributed by atoms with Crippen molar-refractivity contribution < 1.29 is 9.59 Å². The van der Waals surface area contributed by atoms with Gasteiger partial charge in [0.2, 0.25) is 11.8 Å². The van der Waals surface area contributed by atoms with Gasteiger partial charge in [-0.3, -0.25) is 9.59 Å². The monoisotopic (exact) mass is 496 g/mol. The number of carbonyl (C=O) groups is 2. The van der Waals surface area contributed by atoms with Crippen LogP contribution in [0.5, 0.6) is 0 Å². The molecule has 1 fully saturated rings. The van der Waals surface area contributed by atoms with Gasteiger partial charge in [-0.2, -0.15) is 5.26 Å². The second-order valence-electron chi connectivity index (χ2n) is 9.51. The van der Waals surface area contributed by atoms with Crippen molar-refractivity contribution in [2.75, 3.05) is 36.9 Å². The van der Waals surface area contributed by atoms with Crippen molar-refractivity contribution in [1.82, 2.24) is 15.2 Å². The Bertz CT molecular complexity index is 1250. The Morgan fingerprint density at radius 3 is 2.46 bits per heavy atom. The quantitative estimate of drug-likeness (QED) is 0.493. The van der Waals surface area contributed by atoms with Gasteiger partial charge in [-0.05, 0) is 48.2 Å². The molecule has 3 atom stereocenters. The molecular weight excluding hydrogens is 464 g/mol. The van der Waals surface area contributed by atoms with E-state index in [9.17, 15) is 9.59 Å². The number of rotatable bonds is 8. The summed E-state index contributed by atoms with van der Waals surface area (Å²) >= 11 is 0. The van der Waals surface area contributed by atoms with Crippen molar-refractivity contribution >= 4 is 23.3 Å². The second-order valence-corrected chi connectivity index (χ2v) is 9.51. The zero-order valence-electron chi connectivity index (χ0n) is 21.4. The topological polar surface area (TPSA) is 101 Å². The Labute approximate surface area is 217 Å². The van der Waals surface area contributed by atoms with E-state index in [0.29, 0.717) is 24.5 Å². The van der Waals surface area contributed by atoms with Gasteiger partial charge in [0.25, 0.3) is 0 Å². The molecule has 2 amide bonds. The second kappa shape index (κ2) is 11.7. The number of nitrogens with one attached hydrogen (secondary N) is 2. The summed E-state index contributed by atoms with van der Waals surface area (Å²) in [6.07, 6.45) is 1.69. The zero-order chi connectivity index (χ0) is 26.4. The van der Waals surface area contributed by atoms with Crippen molar-refractivity contribution in [3.05, 3.63) is 89.6 Å². The molecule has 2 aromatic carbocycles. The average Bonchev–Trinajstić information content (AvgIpc) is 2.92. The normalized spacial score (nSPS) is 17.1. The molecule has 0 saturated carbocycles. The highest BCUT2D eigenvalue weighted by Crippen LogP contribution is 2.22. The first kappa shape index (κ1) is 25.9. The number of amides is 2. The van der Waals surface area contributed by atoms with Gasteiger partial charge in [0, 0.05) is 26.2 Å². The van der Waals surface area contributed by atoms with Crippen molar-refractivity contribution in [2.24, 2.45) is 0 Å². The fraction of sp³-hybridized carbons (Fsp3) is 0.310. The minimum atomic E-state index is -0.570. The highest BCUT2D eigenvalue weighted by atomic mass is 16.2. The van der Waals surface area contributed by atoms with E-state index >= 15 is 0 Å². The number of hydrogen-bond donors (Lipinski definition) is 2. The van der Waals surface area contributed by atoms with E-state index < -0.39 is 6.04 Å². The minimum Gasteiger partial charge on any atom is -0.359 e. The summed E-state index contributed by atoms with van der Waals surface area (Å²) in [6, 6.07) is 22.4. The maximum atomic E-state index is 13.3. The third kappa shape index (κ3) is 6.32. The van der Waals surface area contributed by atoms with E-state index in [0.717, 1.165) is 23.4 Å². The molecule has 8 nitrogen and oxygen atoms in total. The predicted octanol–water partition coefficient (Wildman–Crippen LogP) is 3.69. The molecule has 3 aromatic rings. The van der Waals surface area contributed by atoms with Crippen LogP contribution < -0.4 is 15.5 Å². The van der Waals surface area contributed by atoms with Crippen LogP contribution in [0.15, 0.2) is 72.9 Å². The fourth-order valence-electron chi connectivity index (χ4n) is 4.37. The summed E-state index contributed by atoms with van der Waals surface area (Å²) in [7, 11) is 1.82. The van der Waals surface area contributed by atoms with E-state index in [-0.39, 0.29) is 23.8 Å². The first-order valence-corrected chi connectivity index (χ1v) is 12.4. The summed E-state index contributed by atoms with van der Waals surface area (Å²) in [5.74, 6) is 0.452. The van der Waals surface area contributed by atoms with Crippen molar-refractivity contribution in [2.45, 2.75) is 31.8 Å². The van der Waals surface area contributed by atoms with Gasteiger partial charge in [-0.1, -0.05) is 49.4 Å². The van der Waals surface area contributed by atoms with E-state index in [2.05, 4.69) is 28.6 Å². The molecule has 1 aliphatic rings. The van der Waals surface area contributed by atoms with Gasteiger partial charge < -0.3 is 20.4 Å². The van der Waals surface area contributed by atoms with Crippen molar-refractivity contribution in [1.29, 1.82) is 5.26 Å². The molecule has 190 valence electrons. The highest BCUT2D eigenvalue weighted by molar-refractivity contribution is 5.95. The van der Waals surface area contributed by atoms with Gasteiger partial charge in [0.05, 0.1) is 30.1 Å². The van der Waals surface area contributed by atoms with Gasteiger partial charge in [0.1, 0.15) is 11.9 Å². The third-order valence-corrected chi connectivity index (χ3v) is 6.86. The lowest BCUT2D eigenvalue weighted by Crippen LogP contribution is -2.53. The van der Waals surface area contributed by atoms with Crippen LogP contribution in [0.1, 0.15) is 42.5 Å². The Kier molecular flexibility index (Phi) is 8.16. The highest BCUT2D eigenvalue weighted by Gasteiger charge is 2.27. The minimum absolute atomic E-state index is 0.0724. The molecular formula is C29H32N6O2. The van der Waals surface area contributed by atoms with Crippen LogP contribution in [-0.4, -0.2) is 54.4 Å². The predicted molar refractivity (Wildman–Crippen MR) is 144 cm³/mol. The molecule has 0 aliphatic carbocycles. The maximum Gasteiger partial charge on any atom is 0.247 e. The summed E-state index contributed by atoms with van der Waals surface area (Å²) in [5.41, 5.74) is 3.42. The lowest BCUT2D eigenvalue weighted by molar-refractivity contribution is -0.131. The average molecular weight is 497 g/mol. The van der Waals surface area contributed by atoms with Crippen LogP contribution in [0.2, 0.25) is 0 Å². The Morgan fingerprint density at radius 2 is 1.84 bits per heavy atom. The molecule has 8 heteroatoms. The van der Waals surface area contributed by atoms with Crippen LogP contribution in [0.25, 0.3) is 0 Å². The van der Waals surface area contributed by atoms with Crippen LogP contribution in [0.3, 0.4) is 0 Å². The Hall–Kier alpha value is -4.22. The smallest absolute Gasteiger partial charge is 0.247 e. The number of nitriles is 1. The molecule has 2 N–H and O–H groups in total. The van der Waals surface area contributed by atoms with Gasteiger partial charge >= 0.3 is 0 Å². The number of nitrogens with zero attached hydrogens (tertiary/aromatic N) is 4. The summed E-state index contributed by atoms with van der Waals surface area (Å²) in [6.45, 7) is 5.71. The number of aromatic nitrogens is 1. The molecule has 0 radical (unpaired) electrons. The number of carbonyl (C=O) groups excluding carboxylic acids is 2. The largest absolute Gasteiger partial charge is 0.359 e. The number of pyridine rings is 1. The molecule has 1 aromatic heterocycles. The van der Waals surface area contributed by atoms with E-state index in [1.807, 2.05) is 67.4 Å². The number of anilines is 2. The van der Waals surface area contributed by atoms with E-state index in [4.69, 9.17) is 5.26 Å². The Morgan fingerprint density at radius 1 is 1.11 bits per heavy atom. The number of hydrogen-bond acceptors (Lipinski definition) is 6. The van der Waals surface area contributed by atoms with Crippen LogP contribution in [-0.2, 0) is 9.59 Å². The molecule has 1 saturated heterocycles. The number of benzene rings is 2. The molecule has 0 bridgehead atoms. The lowest BCUT2D eigenvalue weighted by atomic mass is 9.98. The summed E-state index contributed by atoms with van der Waals surface area (Å²) < 4.78 is 0. The van der Waals surface area contributed by atoms with Crippen LogP contribution in [0.4, 0.5) is 11.5 Å². The fourth-order valence-corrected chi connectivity index (χ4v) is 4.37. The lowest BCUT2D eigenvalue weighted by Gasteiger charge is -2.38. The van der Waals surface area contributed by atoms with E-state index in [1.165, 1.54) is 0 Å². The van der Waals surface area contributed by atoms with Crippen LogP contribution >= 0.6 is 0 Å². The number of likely N-dealkylation sites (N-methyl/N-ethyl adjacent to an activating group) is 1. The first-order valence-electron chi connectivity index (χ1n) is 12.4. The zero-order valence-corrected chi connectivity index (χ0v) is 21.4. The standard InChI is InChI=1S/C29H32N6O2/c1-20(23-11-9-22(15-30)10-12-23)16-32-28(24-7-5-4-6-8-24)29(37)33-26-14-13-25(17-31-26)35-18-21(2)34(3)27(36)19-35/h4-14,17,20-21,28,32H,16,18-19H2,1-3H3,(H,31,33,37)/t20-,21?,28+/m1/s1. The van der Waals surface area contributed by atoms with Gasteiger partial charge in [-0.15, -0.1) is 0 Å².